The van der Waals surface area contributed by atoms with Crippen LogP contribution in [0.1, 0.15) is 12.5 Å². The minimum atomic E-state index is -0.856. The molecule has 0 bridgehead atoms. The van der Waals surface area contributed by atoms with Crippen LogP contribution in [-0.4, -0.2) is 6.04 Å². The minimum Gasteiger partial charge on any atom is -0.328 e. The molecule has 2 N–H and O–H groups in total. The molecule has 1 atom stereocenters. The van der Waals surface area contributed by atoms with E-state index in [1.807, 2.05) is 19.1 Å². The Morgan fingerprint density at radius 2 is 1.90 bits per heavy atom. The van der Waals surface area contributed by atoms with E-state index in [2.05, 4.69) is 0 Å². The van der Waals surface area contributed by atoms with Crippen molar-refractivity contribution in [3.8, 4) is 0 Å². The van der Waals surface area contributed by atoms with Crippen LogP contribution in [0.25, 0.3) is 0 Å². The van der Waals surface area contributed by atoms with E-state index in [0.717, 1.165) is 16.5 Å². The van der Waals surface area contributed by atoms with E-state index in [0.29, 0.717) is 16.3 Å². The Balaban J connectivity index is 2.31. The number of rotatable bonds is 4. The Labute approximate surface area is 126 Å². The van der Waals surface area contributed by atoms with E-state index >= 15 is 0 Å². The van der Waals surface area contributed by atoms with E-state index < -0.39 is 11.6 Å². The van der Waals surface area contributed by atoms with Gasteiger partial charge in [-0.2, -0.15) is 0 Å². The number of nitrogens with two attached hydrogens (primary N) is 1. The fourth-order valence-electron chi connectivity index (χ4n) is 1.81. The van der Waals surface area contributed by atoms with Crippen molar-refractivity contribution in [2.75, 3.05) is 0 Å². The van der Waals surface area contributed by atoms with Crippen molar-refractivity contribution in [3.05, 3.63) is 58.6 Å². The Morgan fingerprint density at radius 1 is 1.15 bits per heavy atom. The van der Waals surface area contributed by atoms with Gasteiger partial charge >= 0.3 is 0 Å². The van der Waals surface area contributed by atoms with Gasteiger partial charge in [0, 0.05) is 20.9 Å². The highest BCUT2D eigenvalue weighted by molar-refractivity contribution is 7.99. The van der Waals surface area contributed by atoms with Gasteiger partial charge in [-0.3, -0.25) is 0 Å². The maximum atomic E-state index is 13.2. The standard InChI is InChI=1S/C15H14ClF2NS/c1-9(19)6-10-2-3-11(16)7-15(10)20-12-4-5-13(17)14(18)8-12/h2-5,7-9H,6,19H2,1H3. The Kier molecular flexibility index (Phi) is 5.02. The largest absolute Gasteiger partial charge is 0.328 e. The summed E-state index contributed by atoms with van der Waals surface area (Å²) in [6.45, 7) is 1.92. The Morgan fingerprint density at radius 3 is 2.55 bits per heavy atom. The van der Waals surface area contributed by atoms with E-state index in [1.165, 1.54) is 17.8 Å². The Bertz CT molecular complexity index is 617. The van der Waals surface area contributed by atoms with Gasteiger partial charge in [0.25, 0.3) is 0 Å². The number of halogens is 3. The lowest BCUT2D eigenvalue weighted by molar-refractivity contribution is 0.506. The van der Waals surface area contributed by atoms with Gasteiger partial charge in [-0.05, 0) is 49.2 Å². The van der Waals surface area contributed by atoms with Crippen LogP contribution in [0.15, 0.2) is 46.2 Å². The topological polar surface area (TPSA) is 26.0 Å². The second kappa shape index (κ2) is 6.57. The molecule has 2 aromatic rings. The van der Waals surface area contributed by atoms with Gasteiger partial charge in [-0.25, -0.2) is 8.78 Å². The van der Waals surface area contributed by atoms with Crippen molar-refractivity contribution < 1.29 is 8.78 Å². The molecular formula is C15H14ClF2NS. The molecule has 0 aliphatic heterocycles. The van der Waals surface area contributed by atoms with E-state index in [1.54, 1.807) is 12.1 Å². The second-order valence-electron chi connectivity index (χ2n) is 4.61. The van der Waals surface area contributed by atoms with E-state index in [4.69, 9.17) is 17.3 Å². The van der Waals surface area contributed by atoms with Gasteiger partial charge in [0.15, 0.2) is 11.6 Å². The van der Waals surface area contributed by atoms with Crippen LogP contribution in [0.2, 0.25) is 5.02 Å². The number of hydrogen-bond acceptors (Lipinski definition) is 2. The van der Waals surface area contributed by atoms with E-state index in [-0.39, 0.29) is 6.04 Å². The molecule has 0 aliphatic carbocycles. The molecule has 2 aromatic carbocycles. The third-order valence-corrected chi connectivity index (χ3v) is 4.01. The average Bonchev–Trinajstić information content (AvgIpc) is 2.37. The minimum absolute atomic E-state index is 0.0143. The fraction of sp³-hybridized carbons (Fsp3) is 0.200. The quantitative estimate of drug-likeness (QED) is 0.888. The van der Waals surface area contributed by atoms with Crippen molar-refractivity contribution in [3.63, 3.8) is 0 Å². The molecule has 0 aliphatic rings. The van der Waals surface area contributed by atoms with Crippen molar-refractivity contribution in [2.45, 2.75) is 29.2 Å². The van der Waals surface area contributed by atoms with Crippen molar-refractivity contribution >= 4 is 23.4 Å². The molecule has 0 saturated heterocycles. The molecule has 106 valence electrons. The summed E-state index contributed by atoms with van der Waals surface area (Å²) in [5.74, 6) is -1.71. The smallest absolute Gasteiger partial charge is 0.159 e. The molecule has 1 nitrogen and oxygen atoms in total. The molecule has 5 heteroatoms. The zero-order valence-electron chi connectivity index (χ0n) is 10.9. The lowest BCUT2D eigenvalue weighted by Crippen LogP contribution is -2.18. The molecule has 0 saturated carbocycles. The SMILES string of the molecule is CC(N)Cc1ccc(Cl)cc1Sc1ccc(F)c(F)c1. The van der Waals surface area contributed by atoms with Crippen LogP contribution in [0, 0.1) is 11.6 Å². The molecule has 0 aromatic heterocycles. The van der Waals surface area contributed by atoms with E-state index in [9.17, 15) is 8.78 Å². The first kappa shape index (κ1) is 15.3. The summed E-state index contributed by atoms with van der Waals surface area (Å²) < 4.78 is 26.2. The van der Waals surface area contributed by atoms with Crippen LogP contribution in [0.4, 0.5) is 8.78 Å². The average molecular weight is 314 g/mol. The fourth-order valence-corrected chi connectivity index (χ4v) is 3.06. The van der Waals surface area contributed by atoms with Crippen molar-refractivity contribution in [2.24, 2.45) is 5.73 Å². The van der Waals surface area contributed by atoms with Gasteiger partial charge in [-0.15, -0.1) is 0 Å². The van der Waals surface area contributed by atoms with Gasteiger partial charge in [0.1, 0.15) is 0 Å². The zero-order valence-corrected chi connectivity index (χ0v) is 12.4. The van der Waals surface area contributed by atoms with Gasteiger partial charge in [0.05, 0.1) is 0 Å². The summed E-state index contributed by atoms with van der Waals surface area (Å²) in [6.07, 6.45) is 0.698. The monoisotopic (exact) mass is 313 g/mol. The lowest BCUT2D eigenvalue weighted by Gasteiger charge is -2.12. The van der Waals surface area contributed by atoms with Crippen LogP contribution in [-0.2, 0) is 6.42 Å². The van der Waals surface area contributed by atoms with Gasteiger partial charge < -0.3 is 5.73 Å². The van der Waals surface area contributed by atoms with Crippen LogP contribution in [0.5, 0.6) is 0 Å². The molecule has 1 unspecified atom stereocenters. The number of hydrogen-bond donors (Lipinski definition) is 1. The molecule has 0 amide bonds. The van der Waals surface area contributed by atoms with Crippen LogP contribution < -0.4 is 5.73 Å². The highest BCUT2D eigenvalue weighted by Crippen LogP contribution is 2.33. The summed E-state index contributed by atoms with van der Waals surface area (Å²) in [7, 11) is 0. The maximum absolute atomic E-state index is 13.2. The zero-order chi connectivity index (χ0) is 14.7. The summed E-state index contributed by atoms with van der Waals surface area (Å²) >= 11 is 7.34. The second-order valence-corrected chi connectivity index (χ2v) is 6.16. The summed E-state index contributed by atoms with van der Waals surface area (Å²) in [5, 5.41) is 0.600. The van der Waals surface area contributed by atoms with Crippen molar-refractivity contribution in [1.82, 2.24) is 0 Å². The normalized spacial score (nSPS) is 12.4. The molecule has 2 rings (SSSR count). The molecule has 0 radical (unpaired) electrons. The Hall–Kier alpha value is -1.10. The third kappa shape index (κ3) is 3.95. The van der Waals surface area contributed by atoms with Gasteiger partial charge in [-0.1, -0.05) is 29.4 Å². The first-order valence-corrected chi connectivity index (χ1v) is 7.32. The predicted octanol–water partition coefficient (Wildman–Crippen LogP) is 4.66. The maximum Gasteiger partial charge on any atom is 0.159 e. The number of benzene rings is 2. The molecule has 0 fully saturated rings. The van der Waals surface area contributed by atoms with Crippen molar-refractivity contribution in [1.29, 1.82) is 0 Å². The van der Waals surface area contributed by atoms with Crippen LogP contribution >= 0.6 is 23.4 Å². The summed E-state index contributed by atoms with van der Waals surface area (Å²) in [6, 6.07) is 9.37. The lowest BCUT2D eigenvalue weighted by atomic mass is 10.1. The first-order chi connectivity index (χ1) is 9.45. The van der Waals surface area contributed by atoms with Crippen LogP contribution in [0.3, 0.4) is 0 Å². The van der Waals surface area contributed by atoms with Gasteiger partial charge in [0.2, 0.25) is 0 Å². The highest BCUT2D eigenvalue weighted by atomic mass is 35.5. The molecule has 0 heterocycles. The summed E-state index contributed by atoms with van der Waals surface area (Å²) in [4.78, 5) is 1.53. The molecule has 0 spiro atoms. The first-order valence-electron chi connectivity index (χ1n) is 6.12. The highest BCUT2D eigenvalue weighted by Gasteiger charge is 2.09. The molecule has 20 heavy (non-hydrogen) atoms. The predicted molar refractivity (Wildman–Crippen MR) is 79.3 cm³/mol. The third-order valence-electron chi connectivity index (χ3n) is 2.69. The summed E-state index contributed by atoms with van der Waals surface area (Å²) in [5.41, 5.74) is 6.86. The molecular weight excluding hydrogens is 300 g/mol.